The second kappa shape index (κ2) is 7.03. The van der Waals surface area contributed by atoms with Crippen LogP contribution in [0, 0.1) is 0 Å². The van der Waals surface area contributed by atoms with Gasteiger partial charge in [0.15, 0.2) is 12.4 Å². The van der Waals surface area contributed by atoms with E-state index in [9.17, 15) is 4.79 Å². The van der Waals surface area contributed by atoms with Crippen LogP contribution in [0.1, 0.15) is 24.2 Å². The standard InChI is InChI=1S/C14H13BrN2O4/c1-2-12-16-13(21-17-12)8-20-10-4-5-11(15)9(7-10)3-6-14(18)19/h3-7H,2,8H2,1H3,(H,18,19)/b6-3+. The molecule has 0 unspecified atom stereocenters. The molecule has 7 heteroatoms. The summed E-state index contributed by atoms with van der Waals surface area (Å²) >= 11 is 3.35. The van der Waals surface area contributed by atoms with E-state index in [0.717, 1.165) is 10.5 Å². The topological polar surface area (TPSA) is 85.5 Å². The van der Waals surface area contributed by atoms with Crippen LogP contribution >= 0.6 is 15.9 Å². The molecule has 1 aromatic heterocycles. The highest BCUT2D eigenvalue weighted by atomic mass is 79.9. The molecule has 110 valence electrons. The summed E-state index contributed by atoms with van der Waals surface area (Å²) in [6, 6.07) is 5.27. The summed E-state index contributed by atoms with van der Waals surface area (Å²) in [5.41, 5.74) is 0.703. The van der Waals surface area contributed by atoms with Crippen LogP contribution < -0.4 is 4.74 Å². The fraction of sp³-hybridized carbons (Fsp3) is 0.214. The molecule has 0 saturated carbocycles. The van der Waals surface area contributed by atoms with Crippen LogP contribution in [-0.2, 0) is 17.8 Å². The Hall–Kier alpha value is -2.15. The van der Waals surface area contributed by atoms with Gasteiger partial charge in [0, 0.05) is 17.0 Å². The molecule has 1 heterocycles. The van der Waals surface area contributed by atoms with Crippen molar-refractivity contribution < 1.29 is 19.2 Å². The van der Waals surface area contributed by atoms with Gasteiger partial charge >= 0.3 is 5.97 Å². The fourth-order valence-electron chi connectivity index (χ4n) is 1.54. The van der Waals surface area contributed by atoms with Gasteiger partial charge in [-0.25, -0.2) is 4.79 Å². The van der Waals surface area contributed by atoms with Crippen LogP contribution in [0.15, 0.2) is 33.3 Å². The van der Waals surface area contributed by atoms with E-state index in [-0.39, 0.29) is 6.61 Å². The Morgan fingerprint density at radius 3 is 3.00 bits per heavy atom. The number of hydrogen-bond acceptors (Lipinski definition) is 5. The van der Waals surface area contributed by atoms with Crippen LogP contribution in [0.4, 0.5) is 0 Å². The minimum atomic E-state index is -1.01. The minimum Gasteiger partial charge on any atom is -0.484 e. The number of carboxylic acids is 1. The van der Waals surface area contributed by atoms with Gasteiger partial charge in [0.2, 0.25) is 0 Å². The lowest BCUT2D eigenvalue weighted by Gasteiger charge is -2.05. The molecule has 0 amide bonds. The second-order valence-corrected chi connectivity index (χ2v) is 4.96. The smallest absolute Gasteiger partial charge is 0.328 e. The molecule has 1 N–H and O–H groups in total. The highest BCUT2D eigenvalue weighted by Gasteiger charge is 2.06. The van der Waals surface area contributed by atoms with Crippen molar-refractivity contribution in [3.8, 4) is 5.75 Å². The molecule has 0 bridgehead atoms. The molecule has 0 radical (unpaired) electrons. The number of rotatable bonds is 6. The number of aromatic nitrogens is 2. The molecule has 0 aliphatic heterocycles. The minimum absolute atomic E-state index is 0.163. The predicted molar refractivity (Wildman–Crippen MR) is 78.8 cm³/mol. The van der Waals surface area contributed by atoms with Gasteiger partial charge in [-0.15, -0.1) is 0 Å². The first-order valence-corrected chi connectivity index (χ1v) is 7.02. The average Bonchev–Trinajstić information content (AvgIpc) is 2.93. The number of aryl methyl sites for hydroxylation is 1. The van der Waals surface area contributed by atoms with E-state index >= 15 is 0 Å². The van der Waals surface area contributed by atoms with Crippen molar-refractivity contribution in [1.29, 1.82) is 0 Å². The summed E-state index contributed by atoms with van der Waals surface area (Å²) in [7, 11) is 0. The molecule has 6 nitrogen and oxygen atoms in total. The van der Waals surface area contributed by atoms with Gasteiger partial charge in [-0.2, -0.15) is 4.98 Å². The van der Waals surface area contributed by atoms with Crippen LogP contribution in [-0.4, -0.2) is 21.2 Å². The monoisotopic (exact) mass is 352 g/mol. The second-order valence-electron chi connectivity index (χ2n) is 4.10. The van der Waals surface area contributed by atoms with Crippen molar-refractivity contribution in [3.63, 3.8) is 0 Å². The molecular weight excluding hydrogens is 340 g/mol. The van der Waals surface area contributed by atoms with Gasteiger partial charge in [-0.3, -0.25) is 0 Å². The first-order chi connectivity index (χ1) is 10.1. The third kappa shape index (κ3) is 4.42. The Kier molecular flexibility index (Phi) is 5.10. The van der Waals surface area contributed by atoms with Crippen molar-refractivity contribution >= 4 is 28.0 Å². The number of aliphatic carboxylic acids is 1. The number of carboxylic acid groups (broad SMARTS) is 1. The molecule has 2 rings (SSSR count). The zero-order chi connectivity index (χ0) is 15.2. The van der Waals surface area contributed by atoms with E-state index in [4.69, 9.17) is 14.4 Å². The van der Waals surface area contributed by atoms with Crippen molar-refractivity contribution in [2.75, 3.05) is 0 Å². The van der Waals surface area contributed by atoms with Crippen LogP contribution in [0.2, 0.25) is 0 Å². The van der Waals surface area contributed by atoms with E-state index in [2.05, 4.69) is 26.1 Å². The van der Waals surface area contributed by atoms with Gasteiger partial charge in [0.1, 0.15) is 5.75 Å². The van der Waals surface area contributed by atoms with E-state index in [0.29, 0.717) is 29.4 Å². The zero-order valence-electron chi connectivity index (χ0n) is 11.2. The zero-order valence-corrected chi connectivity index (χ0v) is 12.8. The van der Waals surface area contributed by atoms with E-state index in [1.807, 2.05) is 6.92 Å². The Morgan fingerprint density at radius 1 is 1.52 bits per heavy atom. The normalized spacial score (nSPS) is 11.0. The molecule has 0 atom stereocenters. The Labute approximate surface area is 129 Å². The first-order valence-electron chi connectivity index (χ1n) is 6.23. The third-order valence-corrected chi connectivity index (χ3v) is 3.28. The number of hydrogen-bond donors (Lipinski definition) is 1. The molecule has 0 aliphatic carbocycles. The van der Waals surface area contributed by atoms with Crippen molar-refractivity contribution in [1.82, 2.24) is 10.1 Å². The van der Waals surface area contributed by atoms with Crippen LogP contribution in [0.5, 0.6) is 5.75 Å². The largest absolute Gasteiger partial charge is 0.484 e. The van der Waals surface area contributed by atoms with Crippen molar-refractivity contribution in [3.05, 3.63) is 46.0 Å². The number of halogens is 1. The van der Waals surface area contributed by atoms with Crippen LogP contribution in [0.25, 0.3) is 6.08 Å². The van der Waals surface area contributed by atoms with Crippen molar-refractivity contribution in [2.45, 2.75) is 20.0 Å². The molecule has 0 aliphatic rings. The number of nitrogens with zero attached hydrogens (tertiary/aromatic N) is 2. The number of benzene rings is 1. The molecular formula is C14H13BrN2O4. The highest BCUT2D eigenvalue weighted by Crippen LogP contribution is 2.24. The molecule has 0 fully saturated rings. The van der Waals surface area contributed by atoms with Gasteiger partial charge in [0.05, 0.1) is 0 Å². The van der Waals surface area contributed by atoms with Gasteiger partial charge in [-0.1, -0.05) is 28.0 Å². The third-order valence-electron chi connectivity index (χ3n) is 2.56. The quantitative estimate of drug-likeness (QED) is 0.804. The highest BCUT2D eigenvalue weighted by molar-refractivity contribution is 9.10. The maximum atomic E-state index is 10.5. The average molecular weight is 353 g/mol. The lowest BCUT2D eigenvalue weighted by Crippen LogP contribution is -1.96. The molecule has 0 saturated heterocycles. The SMILES string of the molecule is CCc1noc(COc2ccc(Br)c(/C=C/C(=O)O)c2)n1. The first kappa shape index (κ1) is 15.2. The van der Waals surface area contributed by atoms with Crippen molar-refractivity contribution in [2.24, 2.45) is 0 Å². The maximum Gasteiger partial charge on any atom is 0.328 e. The van der Waals surface area contributed by atoms with Gasteiger partial charge < -0.3 is 14.4 Å². The lowest BCUT2D eigenvalue weighted by molar-refractivity contribution is -0.131. The van der Waals surface area contributed by atoms with E-state index < -0.39 is 5.97 Å². The number of carbonyl (C=O) groups is 1. The van der Waals surface area contributed by atoms with E-state index in [1.165, 1.54) is 6.08 Å². The van der Waals surface area contributed by atoms with Crippen LogP contribution in [0.3, 0.4) is 0 Å². The lowest BCUT2D eigenvalue weighted by atomic mass is 10.2. The maximum absolute atomic E-state index is 10.5. The molecule has 21 heavy (non-hydrogen) atoms. The van der Waals surface area contributed by atoms with Gasteiger partial charge in [-0.05, 0) is 29.8 Å². The predicted octanol–water partition coefficient (Wildman–Crippen LogP) is 3.07. The van der Waals surface area contributed by atoms with E-state index in [1.54, 1.807) is 18.2 Å². The molecule has 1 aromatic carbocycles. The van der Waals surface area contributed by atoms with Gasteiger partial charge in [0.25, 0.3) is 5.89 Å². The molecule has 0 spiro atoms. The summed E-state index contributed by atoms with van der Waals surface area (Å²) in [5, 5.41) is 12.4. The summed E-state index contributed by atoms with van der Waals surface area (Å²) in [5.74, 6) is 0.609. The summed E-state index contributed by atoms with van der Waals surface area (Å²) in [4.78, 5) is 14.7. The molecule has 2 aromatic rings. The fourth-order valence-corrected chi connectivity index (χ4v) is 1.92. The Morgan fingerprint density at radius 2 is 2.33 bits per heavy atom. The summed E-state index contributed by atoms with van der Waals surface area (Å²) in [6.07, 6.45) is 3.25. The number of ether oxygens (including phenoxy) is 1. The summed E-state index contributed by atoms with van der Waals surface area (Å²) in [6.45, 7) is 2.10. The Balaban J connectivity index is 2.06. The Bertz CT molecular complexity index is 667. The summed E-state index contributed by atoms with van der Waals surface area (Å²) < 4.78 is 11.4.